The van der Waals surface area contributed by atoms with Crippen molar-refractivity contribution >= 4 is 57.0 Å². The molecule has 0 saturated heterocycles. The lowest BCUT2D eigenvalue weighted by molar-refractivity contribution is -0.436. The number of halogens is 4. The van der Waals surface area contributed by atoms with Crippen molar-refractivity contribution in [2.24, 2.45) is 5.11 Å². The second kappa shape index (κ2) is 12.9. The van der Waals surface area contributed by atoms with Gasteiger partial charge in [0.1, 0.15) is 5.82 Å². The van der Waals surface area contributed by atoms with Crippen molar-refractivity contribution in [3.63, 3.8) is 0 Å². The van der Waals surface area contributed by atoms with Gasteiger partial charge in [-0.2, -0.15) is 0 Å². The van der Waals surface area contributed by atoms with Crippen LogP contribution in [-0.2, 0) is 0 Å². The number of methoxy groups -OCH3 is 1. The van der Waals surface area contributed by atoms with Crippen LogP contribution in [0.1, 0.15) is 25.3 Å². The molecule has 0 spiro atoms. The van der Waals surface area contributed by atoms with Crippen molar-refractivity contribution in [3.05, 3.63) is 106 Å². The highest BCUT2D eigenvalue weighted by molar-refractivity contribution is 14.2. The van der Waals surface area contributed by atoms with E-state index in [1.54, 1.807) is 29.5 Å². The summed E-state index contributed by atoms with van der Waals surface area (Å²) in [4.78, 5) is 5.77. The normalized spacial score (nSPS) is 16.9. The Morgan fingerprint density at radius 3 is 2.87 bits per heavy atom. The summed E-state index contributed by atoms with van der Waals surface area (Å²) in [5.74, 6) is -1.86. The molecule has 2 aliphatic heterocycles. The predicted octanol–water partition coefficient (Wildman–Crippen LogP) is 7.47. The molecule has 1 aromatic heterocycles. The van der Waals surface area contributed by atoms with Gasteiger partial charge in [-0.3, -0.25) is 4.78 Å². The molecule has 1 aromatic carbocycles. The van der Waals surface area contributed by atoms with Gasteiger partial charge in [-0.1, -0.05) is 37.6 Å². The molecule has 2 aliphatic rings. The van der Waals surface area contributed by atoms with Crippen molar-refractivity contribution < 1.29 is 18.4 Å². The number of ether oxygens (including phenoxy) is 1. The summed E-state index contributed by atoms with van der Waals surface area (Å²) in [6.45, 7) is 5.97. The van der Waals surface area contributed by atoms with Crippen LogP contribution in [0.3, 0.4) is 0 Å². The fourth-order valence-corrected chi connectivity index (χ4v) is 5.72. The van der Waals surface area contributed by atoms with E-state index < -0.39 is 11.6 Å². The molecule has 2 N–H and O–H groups in total. The predicted molar refractivity (Wildman–Crippen MR) is 157 cm³/mol. The minimum Gasteiger partial charge on any atom is -0.594 e. The number of hydrogen-bond acceptors (Lipinski definition) is 8. The number of nitrogens with zero attached hydrogens (tertiary/aromatic N) is 5. The van der Waals surface area contributed by atoms with Crippen LogP contribution >= 0.6 is 40.0 Å². The van der Waals surface area contributed by atoms with Gasteiger partial charge in [0, 0.05) is 40.9 Å². The molecule has 0 amide bonds. The first-order valence-electron chi connectivity index (χ1n) is 11.6. The number of allylic oxidation sites excluding steroid dienone is 4. The van der Waals surface area contributed by atoms with Crippen molar-refractivity contribution in [2.75, 3.05) is 7.11 Å². The largest absolute Gasteiger partial charge is 0.594 e. The van der Waals surface area contributed by atoms with Gasteiger partial charge in [0.15, 0.2) is 11.5 Å². The molecular weight excluding hydrogens is 662 g/mol. The molecule has 3 heterocycles. The van der Waals surface area contributed by atoms with Gasteiger partial charge >= 0.3 is 5.69 Å². The molecule has 14 heteroatoms. The molecule has 0 radical (unpaired) electrons. The summed E-state index contributed by atoms with van der Waals surface area (Å²) < 4.78 is 37.7. The number of nitrogens with one attached hydrogen (secondary N) is 2. The first-order chi connectivity index (χ1) is 18.8. The molecular formula is C25H24ClF2IN7O2P. The van der Waals surface area contributed by atoms with E-state index in [2.05, 4.69) is 56.6 Å². The zero-order valence-corrected chi connectivity index (χ0v) is 24.8. The van der Waals surface area contributed by atoms with Crippen LogP contribution in [-0.4, -0.2) is 26.6 Å². The van der Waals surface area contributed by atoms with Gasteiger partial charge in [0.25, 0.3) is 5.88 Å². The third-order valence-electron chi connectivity index (χ3n) is 5.76. The number of pyridine rings is 1. The maximum atomic E-state index is 15.7. The quantitative estimate of drug-likeness (QED) is 0.0931. The van der Waals surface area contributed by atoms with Gasteiger partial charge in [0.05, 0.1) is 41.7 Å². The van der Waals surface area contributed by atoms with E-state index in [9.17, 15) is 5.21 Å². The lowest BCUT2D eigenvalue weighted by Crippen LogP contribution is -2.31. The van der Waals surface area contributed by atoms with Crippen molar-refractivity contribution in [1.29, 1.82) is 0 Å². The van der Waals surface area contributed by atoms with E-state index in [0.29, 0.717) is 6.37 Å². The molecule has 2 aromatic rings. The zero-order chi connectivity index (χ0) is 28.1. The molecule has 0 aliphatic carbocycles. The van der Waals surface area contributed by atoms with Crippen LogP contribution in [0.15, 0.2) is 83.8 Å². The van der Waals surface area contributed by atoms with Crippen LogP contribution in [0.2, 0.25) is 5.02 Å². The average Bonchev–Trinajstić information content (AvgIpc) is 3.42. The number of benzene rings is 1. The van der Waals surface area contributed by atoms with Gasteiger partial charge in [-0.25, -0.2) is 13.8 Å². The Labute approximate surface area is 244 Å². The van der Waals surface area contributed by atoms with E-state index in [1.807, 2.05) is 11.0 Å². The molecule has 1 unspecified atom stereocenters. The minimum absolute atomic E-state index is 0.0490. The van der Waals surface area contributed by atoms with Gasteiger partial charge in [0.2, 0.25) is 0 Å². The van der Waals surface area contributed by atoms with Crippen molar-refractivity contribution in [1.82, 2.24) is 25.6 Å². The molecule has 9 nitrogen and oxygen atoms in total. The van der Waals surface area contributed by atoms with E-state index in [-0.39, 0.29) is 38.3 Å². The number of aromatic nitrogens is 1. The van der Waals surface area contributed by atoms with E-state index in [1.165, 1.54) is 19.4 Å². The van der Waals surface area contributed by atoms with E-state index >= 15 is 8.78 Å². The first-order valence-corrected chi connectivity index (χ1v) is 16.1. The summed E-state index contributed by atoms with van der Waals surface area (Å²) >= 11 is 8.22. The molecule has 39 heavy (non-hydrogen) atoms. The Balaban J connectivity index is 1.76. The Bertz CT molecular complexity index is 1450. The van der Waals surface area contributed by atoms with E-state index in [4.69, 9.17) is 16.3 Å². The standard InChI is InChI=1S/C25H24ClF2IN7O2P/c1-4-6-17(22-13-31-33-36(22)39-29)20-10-7-15(14-34(20)5-2)23-18(27)8-9-19(24(23)28)32-35(37)21-11-16(26)12-30-25(21)38-3/h5,7-14,31,33,39H,2,4,6H2,1,3H3/b20-17+,35-32?. The maximum Gasteiger partial charge on any atom is 0.308 e. The van der Waals surface area contributed by atoms with Crippen LogP contribution < -0.4 is 15.7 Å². The topological polar surface area (TPSA) is 91.1 Å². The third-order valence-corrected chi connectivity index (χ3v) is 7.93. The summed E-state index contributed by atoms with van der Waals surface area (Å²) in [5.41, 5.74) is 8.32. The van der Waals surface area contributed by atoms with Crippen LogP contribution in [0.25, 0.3) is 5.57 Å². The van der Waals surface area contributed by atoms with Crippen LogP contribution in [0.5, 0.6) is 5.88 Å². The Kier molecular flexibility index (Phi) is 9.54. The number of azo groups is 1. The van der Waals surface area contributed by atoms with Gasteiger partial charge in [-0.05, 0) is 51.5 Å². The summed E-state index contributed by atoms with van der Waals surface area (Å²) in [5, 5.41) is 16.7. The second-order valence-corrected chi connectivity index (χ2v) is 10.6. The lowest BCUT2D eigenvalue weighted by atomic mass is 9.98. The molecule has 204 valence electrons. The number of hydrazine groups is 2. The lowest BCUT2D eigenvalue weighted by Gasteiger charge is -2.28. The highest BCUT2D eigenvalue weighted by Gasteiger charge is 2.26. The second-order valence-electron chi connectivity index (χ2n) is 8.14. The van der Waals surface area contributed by atoms with Gasteiger partial charge in [-0.15, -0.1) is 5.53 Å². The third kappa shape index (κ3) is 6.08. The minimum atomic E-state index is -1.00. The fraction of sp³-hybridized carbons (Fsp3) is 0.160. The van der Waals surface area contributed by atoms with Crippen molar-refractivity contribution in [3.8, 4) is 5.88 Å². The summed E-state index contributed by atoms with van der Waals surface area (Å²) in [7, 11) is 1.32. The van der Waals surface area contributed by atoms with Crippen LogP contribution in [0.4, 0.5) is 20.2 Å². The number of rotatable bonds is 9. The highest BCUT2D eigenvalue weighted by atomic mass is 127. The molecule has 1 atom stereocenters. The summed E-state index contributed by atoms with van der Waals surface area (Å²) in [6.07, 6.45) is 11.8. The Hall–Kier alpha value is -3.06. The zero-order valence-electron chi connectivity index (χ0n) is 20.9. The number of hydrogen-bond donors (Lipinski definition) is 2. The maximum absolute atomic E-state index is 15.7. The molecule has 0 saturated carbocycles. The van der Waals surface area contributed by atoms with Crippen molar-refractivity contribution in [2.45, 2.75) is 19.8 Å². The monoisotopic (exact) mass is 685 g/mol. The van der Waals surface area contributed by atoms with Gasteiger partial charge < -0.3 is 20.3 Å². The average molecular weight is 686 g/mol. The first kappa shape index (κ1) is 28.9. The van der Waals surface area contributed by atoms with E-state index in [0.717, 1.165) is 41.9 Å². The SMILES string of the molecule is C=CN1C=C(c2c(F)ccc(N=[N+]([O-])c3cc(Cl)cnc3OC)c2F)C=C/C1=C(/CCC)C1=CNNN1PI. The summed E-state index contributed by atoms with van der Waals surface area (Å²) in [6, 6.07) is 3.42. The molecule has 0 fully saturated rings. The highest BCUT2D eigenvalue weighted by Crippen LogP contribution is 2.39. The smallest absolute Gasteiger partial charge is 0.308 e. The Morgan fingerprint density at radius 2 is 2.18 bits per heavy atom. The Morgan fingerprint density at radius 1 is 1.38 bits per heavy atom. The molecule has 4 rings (SSSR count). The fourth-order valence-electron chi connectivity index (χ4n) is 4.03. The van der Waals surface area contributed by atoms with Crippen LogP contribution in [0, 0.1) is 16.8 Å². The molecule has 0 bridgehead atoms.